The third kappa shape index (κ3) is 4.57. The van der Waals surface area contributed by atoms with Crippen molar-refractivity contribution in [3.63, 3.8) is 0 Å². The van der Waals surface area contributed by atoms with Crippen molar-refractivity contribution in [2.45, 2.75) is 52.0 Å². The van der Waals surface area contributed by atoms with Crippen molar-refractivity contribution in [2.75, 3.05) is 6.54 Å². The molecular formula is C19H26N2O6. The van der Waals surface area contributed by atoms with Crippen LogP contribution < -0.4 is 5.73 Å². The summed E-state index contributed by atoms with van der Waals surface area (Å²) in [5.74, 6) is -2.37. The minimum absolute atomic E-state index is 0.0174. The Labute approximate surface area is 158 Å². The van der Waals surface area contributed by atoms with Crippen LogP contribution in [0, 0.1) is 5.41 Å². The van der Waals surface area contributed by atoms with Gasteiger partial charge in [0, 0.05) is 6.54 Å². The maximum atomic E-state index is 12.7. The van der Waals surface area contributed by atoms with Crippen molar-refractivity contribution in [2.24, 2.45) is 11.1 Å². The number of carbonyl (C=O) groups is 3. The molecule has 148 valence electrons. The fourth-order valence-electron chi connectivity index (χ4n) is 3.00. The van der Waals surface area contributed by atoms with Crippen LogP contribution in [-0.4, -0.2) is 46.3 Å². The second-order valence-electron chi connectivity index (χ2n) is 7.56. The fourth-order valence-corrected chi connectivity index (χ4v) is 3.00. The Bertz CT molecular complexity index is 700. The smallest absolute Gasteiger partial charge is 0.411 e. The molecule has 1 heterocycles. The summed E-state index contributed by atoms with van der Waals surface area (Å²) in [5, 5.41) is 9.80. The number of piperidine rings is 1. The van der Waals surface area contributed by atoms with E-state index in [9.17, 15) is 19.5 Å². The molecule has 27 heavy (non-hydrogen) atoms. The number of esters is 1. The lowest BCUT2D eigenvalue weighted by atomic mass is 9.77. The number of carboxylic acid groups (broad SMARTS) is 1. The van der Waals surface area contributed by atoms with Crippen LogP contribution in [0.4, 0.5) is 4.79 Å². The van der Waals surface area contributed by atoms with E-state index in [-0.39, 0.29) is 19.6 Å². The molecule has 1 fully saturated rings. The summed E-state index contributed by atoms with van der Waals surface area (Å²) >= 11 is 0. The topological polar surface area (TPSA) is 119 Å². The number of likely N-dealkylation sites (tertiary alicyclic amines) is 1. The fraction of sp³-hybridized carbons (Fsp3) is 0.526. The van der Waals surface area contributed by atoms with Gasteiger partial charge < -0.3 is 20.3 Å². The molecule has 1 aliphatic rings. The number of carboxylic acids is 1. The molecule has 0 aromatic heterocycles. The van der Waals surface area contributed by atoms with Gasteiger partial charge in [0.2, 0.25) is 0 Å². The predicted octanol–water partition coefficient (Wildman–Crippen LogP) is 2.12. The number of carbonyl (C=O) groups excluding carboxylic acids is 2. The number of amides is 1. The van der Waals surface area contributed by atoms with Crippen LogP contribution in [0.1, 0.15) is 39.2 Å². The van der Waals surface area contributed by atoms with Gasteiger partial charge in [-0.25, -0.2) is 4.79 Å². The number of aliphatic carboxylic acids is 1. The van der Waals surface area contributed by atoms with E-state index in [1.54, 1.807) is 45.0 Å². The normalized spacial score (nSPS) is 22.8. The van der Waals surface area contributed by atoms with Crippen molar-refractivity contribution in [1.29, 1.82) is 0 Å². The van der Waals surface area contributed by atoms with Crippen LogP contribution in [0.2, 0.25) is 0 Å². The molecular weight excluding hydrogens is 352 g/mol. The van der Waals surface area contributed by atoms with Gasteiger partial charge >= 0.3 is 18.0 Å². The first kappa shape index (κ1) is 20.7. The maximum Gasteiger partial charge on any atom is 0.411 e. The number of hydrogen-bond acceptors (Lipinski definition) is 6. The van der Waals surface area contributed by atoms with E-state index in [4.69, 9.17) is 15.2 Å². The summed E-state index contributed by atoms with van der Waals surface area (Å²) < 4.78 is 10.5. The molecule has 0 aliphatic carbocycles. The molecule has 0 spiro atoms. The van der Waals surface area contributed by atoms with Crippen molar-refractivity contribution in [1.82, 2.24) is 4.90 Å². The molecule has 1 aliphatic heterocycles. The Morgan fingerprint density at radius 2 is 1.89 bits per heavy atom. The zero-order valence-electron chi connectivity index (χ0n) is 15.8. The lowest BCUT2D eigenvalue weighted by Gasteiger charge is -2.43. The molecule has 2 rings (SSSR count). The van der Waals surface area contributed by atoms with Crippen LogP contribution in [-0.2, 0) is 25.7 Å². The van der Waals surface area contributed by atoms with Gasteiger partial charge in [-0.3, -0.25) is 14.5 Å². The third-order valence-corrected chi connectivity index (χ3v) is 4.40. The van der Waals surface area contributed by atoms with Gasteiger partial charge in [-0.1, -0.05) is 30.3 Å². The van der Waals surface area contributed by atoms with Crippen LogP contribution in [0.5, 0.6) is 0 Å². The van der Waals surface area contributed by atoms with E-state index >= 15 is 0 Å². The van der Waals surface area contributed by atoms with Crippen LogP contribution in [0.25, 0.3) is 0 Å². The molecule has 1 aromatic carbocycles. The van der Waals surface area contributed by atoms with E-state index in [0.717, 1.165) is 10.5 Å². The molecule has 1 saturated heterocycles. The average molecular weight is 378 g/mol. The minimum atomic E-state index is -2.04. The first-order valence-electron chi connectivity index (χ1n) is 8.77. The van der Waals surface area contributed by atoms with Crippen LogP contribution in [0.3, 0.4) is 0 Å². The number of nitrogens with two attached hydrogens (primary N) is 1. The summed E-state index contributed by atoms with van der Waals surface area (Å²) in [7, 11) is 0. The highest BCUT2D eigenvalue weighted by atomic mass is 16.6. The molecule has 8 heteroatoms. The molecule has 8 nitrogen and oxygen atoms in total. The van der Waals surface area contributed by atoms with Crippen molar-refractivity contribution >= 4 is 18.0 Å². The minimum Gasteiger partial charge on any atom is -0.480 e. The number of benzene rings is 1. The monoisotopic (exact) mass is 378 g/mol. The van der Waals surface area contributed by atoms with Gasteiger partial charge in [0.25, 0.3) is 0 Å². The summed E-state index contributed by atoms with van der Waals surface area (Å²) in [6.45, 7) is 5.21. The molecule has 3 N–H and O–H groups in total. The Kier molecular flexibility index (Phi) is 6.10. The molecule has 0 saturated carbocycles. The van der Waals surface area contributed by atoms with Crippen molar-refractivity contribution < 1.29 is 29.0 Å². The number of nitrogens with zero attached hydrogens (tertiary/aromatic N) is 1. The van der Waals surface area contributed by atoms with Gasteiger partial charge in [-0.2, -0.15) is 0 Å². The number of hydrogen-bond donors (Lipinski definition) is 2. The summed E-state index contributed by atoms with van der Waals surface area (Å²) in [6.07, 6.45) is -1.87. The van der Waals surface area contributed by atoms with E-state index in [2.05, 4.69) is 0 Å². The molecule has 0 radical (unpaired) electrons. The Balaban J connectivity index is 2.21. The molecule has 1 aromatic rings. The van der Waals surface area contributed by atoms with Crippen LogP contribution in [0.15, 0.2) is 30.3 Å². The van der Waals surface area contributed by atoms with Gasteiger partial charge in [-0.05, 0) is 39.2 Å². The van der Waals surface area contributed by atoms with Gasteiger partial charge in [0.05, 0.1) is 0 Å². The first-order valence-corrected chi connectivity index (χ1v) is 8.77. The Morgan fingerprint density at radius 3 is 2.44 bits per heavy atom. The highest BCUT2D eigenvalue weighted by Gasteiger charge is 2.58. The van der Waals surface area contributed by atoms with Gasteiger partial charge in [-0.15, -0.1) is 0 Å². The maximum absolute atomic E-state index is 12.7. The van der Waals surface area contributed by atoms with E-state index in [1.165, 1.54) is 0 Å². The lowest BCUT2D eigenvalue weighted by Crippen LogP contribution is -2.65. The summed E-state index contributed by atoms with van der Waals surface area (Å²) in [4.78, 5) is 38.3. The summed E-state index contributed by atoms with van der Waals surface area (Å²) in [5.41, 5.74) is 4.01. The largest absolute Gasteiger partial charge is 0.480 e. The Hall–Kier alpha value is -2.61. The van der Waals surface area contributed by atoms with E-state index in [0.29, 0.717) is 6.42 Å². The van der Waals surface area contributed by atoms with Crippen LogP contribution >= 0.6 is 0 Å². The van der Waals surface area contributed by atoms with Crippen molar-refractivity contribution in [3.05, 3.63) is 35.9 Å². The predicted molar refractivity (Wildman–Crippen MR) is 96.5 cm³/mol. The second-order valence-corrected chi connectivity index (χ2v) is 7.56. The molecule has 0 bridgehead atoms. The van der Waals surface area contributed by atoms with Crippen molar-refractivity contribution in [3.8, 4) is 0 Å². The van der Waals surface area contributed by atoms with Gasteiger partial charge in [0.15, 0.2) is 5.41 Å². The van der Waals surface area contributed by atoms with E-state index < -0.39 is 35.2 Å². The quantitative estimate of drug-likeness (QED) is 0.608. The summed E-state index contributed by atoms with van der Waals surface area (Å²) in [6, 6.07) is 8.91. The Morgan fingerprint density at radius 1 is 1.26 bits per heavy atom. The average Bonchev–Trinajstić information content (AvgIpc) is 2.59. The third-order valence-electron chi connectivity index (χ3n) is 4.40. The van der Waals surface area contributed by atoms with E-state index in [1.807, 2.05) is 6.07 Å². The lowest BCUT2D eigenvalue weighted by molar-refractivity contribution is -0.178. The zero-order chi connectivity index (χ0) is 20.2. The SMILES string of the molecule is CC(C)(C)OC(=O)N1CCCC(C(=O)O)(C(=O)OCc2ccccc2)C1N. The molecule has 2 unspecified atom stereocenters. The second kappa shape index (κ2) is 7.96. The highest BCUT2D eigenvalue weighted by Crippen LogP contribution is 2.36. The molecule has 1 amide bonds. The first-order chi connectivity index (χ1) is 12.6. The van der Waals surface area contributed by atoms with Gasteiger partial charge in [0.1, 0.15) is 18.4 Å². The number of rotatable bonds is 4. The zero-order valence-corrected chi connectivity index (χ0v) is 15.8. The number of ether oxygens (including phenoxy) is 2. The highest BCUT2D eigenvalue weighted by molar-refractivity contribution is 6.00. The molecule has 2 atom stereocenters. The standard InChI is InChI=1S/C19H26N2O6/c1-18(2,3)27-17(25)21-11-7-10-19(14(21)20,15(22)23)16(24)26-12-13-8-5-4-6-9-13/h4-6,8-9,14H,7,10-12,20H2,1-3H3,(H,22,23).